The summed E-state index contributed by atoms with van der Waals surface area (Å²) in [6.45, 7) is 6.65. The molecule has 2 unspecified atom stereocenters. The number of guanidine groups is 1. The van der Waals surface area contributed by atoms with Crippen LogP contribution in [0.3, 0.4) is 0 Å². The Morgan fingerprint density at radius 2 is 2.00 bits per heavy atom. The van der Waals surface area contributed by atoms with E-state index in [-0.39, 0.29) is 5.56 Å². The first-order valence-corrected chi connectivity index (χ1v) is 10.3. The molecule has 3 rings (SSSR count). The Morgan fingerprint density at radius 3 is 2.70 bits per heavy atom. The van der Waals surface area contributed by atoms with Crippen molar-refractivity contribution in [2.75, 3.05) is 44.7 Å². The molecule has 2 atom stereocenters. The maximum absolute atomic E-state index is 12.3. The van der Waals surface area contributed by atoms with Crippen molar-refractivity contribution in [3.05, 3.63) is 22.7 Å². The van der Waals surface area contributed by atoms with E-state index in [9.17, 15) is 4.79 Å². The molecule has 0 amide bonds. The summed E-state index contributed by atoms with van der Waals surface area (Å²) in [4.78, 5) is 25.4. The van der Waals surface area contributed by atoms with Crippen molar-refractivity contribution in [2.24, 2.45) is 23.9 Å². The molecule has 2 heterocycles. The number of hydrogen-bond acceptors (Lipinski definition) is 4. The van der Waals surface area contributed by atoms with Gasteiger partial charge in [-0.25, -0.2) is 4.98 Å². The number of nitrogens with zero attached hydrogens (tertiary/aromatic N) is 5. The van der Waals surface area contributed by atoms with Crippen molar-refractivity contribution in [3.8, 4) is 0 Å². The number of anilines is 1. The lowest BCUT2D eigenvalue weighted by atomic mass is 9.79. The van der Waals surface area contributed by atoms with Crippen LogP contribution in [0.4, 0.5) is 5.82 Å². The predicted molar refractivity (Wildman–Crippen MR) is 110 cm³/mol. The molecular formula is C20H34N6O. The summed E-state index contributed by atoms with van der Waals surface area (Å²) < 4.78 is 1.58. The van der Waals surface area contributed by atoms with Crippen LogP contribution in [0.25, 0.3) is 0 Å². The van der Waals surface area contributed by atoms with Crippen molar-refractivity contribution >= 4 is 11.8 Å². The maximum Gasteiger partial charge on any atom is 0.293 e. The van der Waals surface area contributed by atoms with E-state index in [1.165, 1.54) is 32.1 Å². The summed E-state index contributed by atoms with van der Waals surface area (Å²) in [5.41, 5.74) is -0.0324. The lowest BCUT2D eigenvalue weighted by Crippen LogP contribution is -2.53. The van der Waals surface area contributed by atoms with Crippen molar-refractivity contribution < 1.29 is 0 Å². The second-order valence-electron chi connectivity index (χ2n) is 7.93. The van der Waals surface area contributed by atoms with Crippen LogP contribution in [0.5, 0.6) is 0 Å². The van der Waals surface area contributed by atoms with Crippen LogP contribution in [0.15, 0.2) is 22.2 Å². The van der Waals surface area contributed by atoms with Crippen molar-refractivity contribution in [3.63, 3.8) is 0 Å². The SMILES string of the molecule is CN=C(NCCC1CCCCC1C)N1CCN(c2nccn(C)c2=O)CC1. The number of hydrogen-bond donors (Lipinski definition) is 1. The van der Waals surface area contributed by atoms with Crippen LogP contribution >= 0.6 is 0 Å². The Morgan fingerprint density at radius 1 is 1.26 bits per heavy atom. The minimum Gasteiger partial charge on any atom is -0.356 e. The number of aryl methyl sites for hydroxylation is 1. The molecule has 1 aromatic heterocycles. The van der Waals surface area contributed by atoms with Gasteiger partial charge in [-0.05, 0) is 18.3 Å². The fraction of sp³-hybridized carbons (Fsp3) is 0.750. The summed E-state index contributed by atoms with van der Waals surface area (Å²) in [5, 5.41) is 3.56. The predicted octanol–water partition coefficient (Wildman–Crippen LogP) is 1.69. The van der Waals surface area contributed by atoms with Gasteiger partial charge in [-0.3, -0.25) is 9.79 Å². The van der Waals surface area contributed by atoms with Gasteiger partial charge in [0.1, 0.15) is 0 Å². The third-order valence-electron chi connectivity index (χ3n) is 6.18. The van der Waals surface area contributed by atoms with Crippen LogP contribution in [-0.4, -0.2) is 60.2 Å². The average Bonchev–Trinajstić information content (AvgIpc) is 2.69. The van der Waals surface area contributed by atoms with Crippen LogP contribution < -0.4 is 15.8 Å². The number of rotatable bonds is 4. The number of nitrogens with one attached hydrogen (secondary N) is 1. The van der Waals surface area contributed by atoms with Gasteiger partial charge in [0, 0.05) is 59.2 Å². The first kappa shape index (κ1) is 19.7. The topological polar surface area (TPSA) is 65.8 Å². The van der Waals surface area contributed by atoms with Crippen LogP contribution in [0, 0.1) is 11.8 Å². The van der Waals surface area contributed by atoms with Gasteiger partial charge in [0.2, 0.25) is 0 Å². The highest BCUT2D eigenvalue weighted by Crippen LogP contribution is 2.31. The van der Waals surface area contributed by atoms with E-state index >= 15 is 0 Å². The summed E-state index contributed by atoms with van der Waals surface area (Å²) in [6.07, 6.45) is 10.2. The van der Waals surface area contributed by atoms with Gasteiger partial charge in [-0.2, -0.15) is 0 Å². The molecule has 1 saturated carbocycles. The highest BCUT2D eigenvalue weighted by Gasteiger charge is 2.24. The Bertz CT molecular complexity index is 692. The number of aliphatic imine (C=N–C) groups is 1. The molecule has 1 aromatic rings. The van der Waals surface area contributed by atoms with E-state index in [4.69, 9.17) is 0 Å². The Kier molecular flexibility index (Phi) is 6.74. The molecule has 0 radical (unpaired) electrons. The molecule has 1 N–H and O–H groups in total. The van der Waals surface area contributed by atoms with E-state index in [2.05, 4.69) is 32.0 Å². The molecule has 1 saturated heterocycles. The highest BCUT2D eigenvalue weighted by atomic mass is 16.1. The van der Waals surface area contributed by atoms with Crippen LogP contribution in [0.1, 0.15) is 39.0 Å². The van der Waals surface area contributed by atoms with Crippen LogP contribution in [-0.2, 0) is 7.05 Å². The van der Waals surface area contributed by atoms with Crippen molar-refractivity contribution in [1.29, 1.82) is 0 Å². The normalized spacial score (nSPS) is 24.2. The molecule has 27 heavy (non-hydrogen) atoms. The van der Waals surface area contributed by atoms with E-state index in [1.807, 2.05) is 7.05 Å². The zero-order chi connectivity index (χ0) is 19.2. The van der Waals surface area contributed by atoms with Crippen molar-refractivity contribution in [2.45, 2.75) is 39.0 Å². The van der Waals surface area contributed by atoms with Gasteiger partial charge in [0.05, 0.1) is 0 Å². The van der Waals surface area contributed by atoms with Gasteiger partial charge in [-0.1, -0.05) is 32.6 Å². The third kappa shape index (κ3) is 4.82. The molecule has 7 heteroatoms. The molecule has 0 spiro atoms. The number of piperazine rings is 1. The van der Waals surface area contributed by atoms with Gasteiger partial charge in [0.25, 0.3) is 5.56 Å². The number of aromatic nitrogens is 2. The summed E-state index contributed by atoms with van der Waals surface area (Å²) in [5.74, 6) is 3.23. The standard InChI is InChI=1S/C20H34N6O/c1-16-6-4-5-7-17(16)8-9-23-20(21-2)26-14-12-25(13-15-26)18-19(27)24(3)11-10-22-18/h10-11,16-17H,4-9,12-15H2,1-3H3,(H,21,23). The third-order valence-corrected chi connectivity index (χ3v) is 6.18. The Balaban J connectivity index is 1.48. The van der Waals surface area contributed by atoms with Gasteiger partial charge in [0.15, 0.2) is 11.8 Å². The summed E-state index contributed by atoms with van der Waals surface area (Å²) in [7, 11) is 3.62. The van der Waals surface area contributed by atoms with Crippen LogP contribution in [0.2, 0.25) is 0 Å². The van der Waals surface area contributed by atoms with Gasteiger partial charge >= 0.3 is 0 Å². The summed E-state index contributed by atoms with van der Waals surface area (Å²) >= 11 is 0. The molecule has 2 fully saturated rings. The zero-order valence-electron chi connectivity index (χ0n) is 17.0. The monoisotopic (exact) mass is 374 g/mol. The molecule has 2 aliphatic rings. The fourth-order valence-corrected chi connectivity index (χ4v) is 4.36. The maximum atomic E-state index is 12.3. The first-order chi connectivity index (χ1) is 13.1. The molecule has 7 nitrogen and oxygen atoms in total. The molecule has 1 aliphatic heterocycles. The second kappa shape index (κ2) is 9.24. The van der Waals surface area contributed by atoms with E-state index in [0.717, 1.165) is 50.5 Å². The van der Waals surface area contributed by atoms with Gasteiger partial charge in [-0.15, -0.1) is 0 Å². The highest BCUT2D eigenvalue weighted by molar-refractivity contribution is 5.80. The average molecular weight is 375 g/mol. The molecule has 150 valence electrons. The van der Waals surface area contributed by atoms with E-state index in [1.54, 1.807) is 24.0 Å². The molecule has 0 bridgehead atoms. The lowest BCUT2D eigenvalue weighted by molar-refractivity contribution is 0.242. The minimum atomic E-state index is -0.0324. The quantitative estimate of drug-likeness (QED) is 0.642. The van der Waals surface area contributed by atoms with E-state index < -0.39 is 0 Å². The zero-order valence-corrected chi connectivity index (χ0v) is 17.0. The smallest absolute Gasteiger partial charge is 0.293 e. The first-order valence-electron chi connectivity index (χ1n) is 10.3. The largest absolute Gasteiger partial charge is 0.356 e. The molecule has 1 aliphatic carbocycles. The fourth-order valence-electron chi connectivity index (χ4n) is 4.36. The summed E-state index contributed by atoms with van der Waals surface area (Å²) in [6, 6.07) is 0. The van der Waals surface area contributed by atoms with E-state index in [0.29, 0.717) is 5.82 Å². The van der Waals surface area contributed by atoms with Crippen molar-refractivity contribution in [1.82, 2.24) is 19.8 Å². The van der Waals surface area contributed by atoms with Gasteiger partial charge < -0.3 is 19.7 Å². The molecule has 0 aromatic carbocycles. The Labute approximate surface area is 162 Å². The lowest BCUT2D eigenvalue weighted by Gasteiger charge is -2.37. The Hall–Kier alpha value is -2.05. The minimum absolute atomic E-state index is 0.0324. The second-order valence-corrected chi connectivity index (χ2v) is 7.93. The molecular weight excluding hydrogens is 340 g/mol.